The molecule has 1 aliphatic heterocycles. The van der Waals surface area contributed by atoms with Crippen LogP contribution in [0.15, 0.2) is 61.4 Å². The number of fused-ring (bicyclic) bond motifs is 1. The molecule has 5 heterocycles. The van der Waals surface area contributed by atoms with Gasteiger partial charge >= 0.3 is 0 Å². The molecule has 1 saturated heterocycles. The lowest BCUT2D eigenvalue weighted by atomic mass is 10.1. The predicted molar refractivity (Wildman–Crippen MR) is 134 cm³/mol. The first-order valence-corrected chi connectivity index (χ1v) is 12.3. The molecule has 0 bridgehead atoms. The third-order valence-electron chi connectivity index (χ3n) is 6.17. The molecule has 0 unspecified atom stereocenters. The van der Waals surface area contributed by atoms with E-state index in [0.29, 0.717) is 6.42 Å². The largest absolute Gasteiger partial charge is 0.351 e. The number of anilines is 2. The molecular weight excluding hydrogens is 463 g/mol. The Morgan fingerprint density at radius 3 is 2.34 bits per heavy atom. The van der Waals surface area contributed by atoms with E-state index in [2.05, 4.69) is 40.9 Å². The molecule has 6 rings (SSSR count). The molecular formula is C25H23FN8S. The van der Waals surface area contributed by atoms with Crippen molar-refractivity contribution in [3.05, 3.63) is 83.4 Å². The average Bonchev–Trinajstić information content (AvgIpc) is 3.52. The summed E-state index contributed by atoms with van der Waals surface area (Å²) in [5.41, 5.74) is 4.13. The molecule has 1 aliphatic rings. The zero-order chi connectivity index (χ0) is 23.8. The lowest BCUT2D eigenvalue weighted by molar-refractivity contribution is 0.627. The van der Waals surface area contributed by atoms with Crippen LogP contribution >= 0.6 is 11.3 Å². The van der Waals surface area contributed by atoms with Crippen LogP contribution in [0.25, 0.3) is 16.0 Å². The van der Waals surface area contributed by atoms with Gasteiger partial charge in [-0.1, -0.05) is 12.1 Å². The molecule has 10 heteroatoms. The topological polar surface area (TPSA) is 75.3 Å². The van der Waals surface area contributed by atoms with Crippen LogP contribution in [0.5, 0.6) is 0 Å². The van der Waals surface area contributed by atoms with E-state index in [1.54, 1.807) is 29.8 Å². The summed E-state index contributed by atoms with van der Waals surface area (Å²) in [5.74, 6) is 1.43. The van der Waals surface area contributed by atoms with Gasteiger partial charge < -0.3 is 9.80 Å². The fourth-order valence-electron chi connectivity index (χ4n) is 4.35. The molecule has 0 spiro atoms. The molecule has 5 aromatic rings. The van der Waals surface area contributed by atoms with E-state index in [4.69, 9.17) is 0 Å². The van der Waals surface area contributed by atoms with E-state index in [1.165, 1.54) is 12.1 Å². The van der Waals surface area contributed by atoms with E-state index < -0.39 is 0 Å². The van der Waals surface area contributed by atoms with Crippen molar-refractivity contribution in [1.82, 2.24) is 29.5 Å². The molecule has 1 aromatic carbocycles. The summed E-state index contributed by atoms with van der Waals surface area (Å²) >= 11 is 1.68. The maximum atomic E-state index is 13.1. The zero-order valence-electron chi connectivity index (χ0n) is 19.2. The monoisotopic (exact) mass is 486 g/mol. The lowest BCUT2D eigenvalue weighted by Crippen LogP contribution is -2.47. The van der Waals surface area contributed by atoms with Gasteiger partial charge in [-0.2, -0.15) is 5.10 Å². The number of piperazine rings is 1. The van der Waals surface area contributed by atoms with Crippen LogP contribution in [0.4, 0.5) is 16.2 Å². The Bertz CT molecular complexity index is 1450. The number of nitrogens with zero attached hydrogens (tertiary/aromatic N) is 8. The van der Waals surface area contributed by atoms with Gasteiger partial charge in [0.2, 0.25) is 5.95 Å². The SMILES string of the molecule is Cc1ncc(-c2cc3c(N4CCN(c5ncc(Cc6ccc(F)cc6)cn5)CC4)ncnn3c2)s1. The van der Waals surface area contributed by atoms with Gasteiger partial charge in [0.25, 0.3) is 0 Å². The van der Waals surface area contributed by atoms with Gasteiger partial charge in [0.05, 0.1) is 9.88 Å². The number of halogens is 1. The van der Waals surface area contributed by atoms with Crippen molar-refractivity contribution < 1.29 is 4.39 Å². The predicted octanol–water partition coefficient (Wildman–Crippen LogP) is 4.01. The second-order valence-corrected chi connectivity index (χ2v) is 9.79. The number of aryl methyl sites for hydroxylation is 1. The molecule has 0 saturated carbocycles. The van der Waals surface area contributed by atoms with Crippen LogP contribution in [0.2, 0.25) is 0 Å². The Balaban J connectivity index is 1.14. The highest BCUT2D eigenvalue weighted by molar-refractivity contribution is 7.15. The standard InChI is InChI=1S/C25H23FN8S/c1-17-27-14-23(35-17)20-11-22-24(30-16-31-34(22)15-20)32-6-8-33(9-7-32)25-28-12-19(13-29-25)10-18-2-4-21(26)5-3-18/h2-5,11-16H,6-10H2,1H3. The minimum Gasteiger partial charge on any atom is -0.351 e. The van der Waals surface area contributed by atoms with Crippen molar-refractivity contribution in [1.29, 1.82) is 0 Å². The van der Waals surface area contributed by atoms with Crippen LogP contribution in [0.3, 0.4) is 0 Å². The van der Waals surface area contributed by atoms with E-state index >= 15 is 0 Å². The smallest absolute Gasteiger partial charge is 0.225 e. The van der Waals surface area contributed by atoms with Gasteiger partial charge in [0.15, 0.2) is 5.82 Å². The summed E-state index contributed by atoms with van der Waals surface area (Å²) in [5, 5.41) is 5.45. The van der Waals surface area contributed by atoms with E-state index in [9.17, 15) is 4.39 Å². The summed E-state index contributed by atoms with van der Waals surface area (Å²) in [6, 6.07) is 8.67. The fraction of sp³-hybridized carbons (Fsp3) is 0.240. The molecule has 0 atom stereocenters. The quantitative estimate of drug-likeness (QED) is 0.372. The van der Waals surface area contributed by atoms with E-state index in [-0.39, 0.29) is 5.82 Å². The molecule has 4 aromatic heterocycles. The third kappa shape index (κ3) is 4.44. The molecule has 35 heavy (non-hydrogen) atoms. The van der Waals surface area contributed by atoms with Crippen LogP contribution in [0.1, 0.15) is 16.1 Å². The first kappa shape index (κ1) is 21.6. The number of rotatable bonds is 5. The first-order valence-electron chi connectivity index (χ1n) is 11.4. The van der Waals surface area contributed by atoms with E-state index in [1.807, 2.05) is 36.2 Å². The maximum Gasteiger partial charge on any atom is 0.225 e. The molecule has 8 nitrogen and oxygen atoms in total. The molecule has 0 amide bonds. The number of aromatic nitrogens is 6. The second-order valence-electron chi connectivity index (χ2n) is 8.55. The highest BCUT2D eigenvalue weighted by atomic mass is 32.1. The van der Waals surface area contributed by atoms with E-state index in [0.717, 1.165) is 70.0 Å². The number of benzene rings is 1. The van der Waals surface area contributed by atoms with Gasteiger partial charge in [-0.3, -0.25) is 0 Å². The van der Waals surface area contributed by atoms with Crippen molar-refractivity contribution in [3.63, 3.8) is 0 Å². The molecule has 176 valence electrons. The minimum absolute atomic E-state index is 0.227. The zero-order valence-corrected chi connectivity index (χ0v) is 20.0. The lowest BCUT2D eigenvalue weighted by Gasteiger charge is -2.35. The van der Waals surface area contributed by atoms with Crippen molar-refractivity contribution in [2.45, 2.75) is 13.3 Å². The van der Waals surface area contributed by atoms with Crippen LogP contribution in [0, 0.1) is 12.7 Å². The summed E-state index contributed by atoms with van der Waals surface area (Å²) in [6.45, 7) is 5.24. The number of hydrogen-bond donors (Lipinski definition) is 0. The Labute approximate surface area is 205 Å². The van der Waals surface area contributed by atoms with Gasteiger partial charge in [-0.05, 0) is 36.2 Å². The fourth-order valence-corrected chi connectivity index (χ4v) is 5.11. The minimum atomic E-state index is -0.227. The Kier molecular flexibility index (Phi) is 5.57. The summed E-state index contributed by atoms with van der Waals surface area (Å²) in [6.07, 6.45) is 9.94. The normalized spacial score (nSPS) is 14.1. The molecule has 0 radical (unpaired) electrons. The van der Waals surface area contributed by atoms with Crippen molar-refractivity contribution >= 4 is 28.6 Å². The van der Waals surface area contributed by atoms with Crippen molar-refractivity contribution in [3.8, 4) is 10.4 Å². The van der Waals surface area contributed by atoms with Gasteiger partial charge in [0, 0.05) is 63.0 Å². The van der Waals surface area contributed by atoms with Gasteiger partial charge in [-0.15, -0.1) is 11.3 Å². The maximum absolute atomic E-state index is 13.1. The Morgan fingerprint density at radius 1 is 0.886 bits per heavy atom. The number of thiazole rings is 1. The van der Waals surface area contributed by atoms with Gasteiger partial charge in [0.1, 0.15) is 17.7 Å². The van der Waals surface area contributed by atoms with Crippen LogP contribution in [-0.4, -0.2) is 55.7 Å². The second kappa shape index (κ2) is 9.03. The summed E-state index contributed by atoms with van der Waals surface area (Å²) in [7, 11) is 0. The molecule has 0 aliphatic carbocycles. The van der Waals surface area contributed by atoms with Gasteiger partial charge in [-0.25, -0.2) is 28.8 Å². The molecule has 0 N–H and O–H groups in total. The highest BCUT2D eigenvalue weighted by Gasteiger charge is 2.22. The first-order chi connectivity index (χ1) is 17.1. The average molecular weight is 487 g/mol. The highest BCUT2D eigenvalue weighted by Crippen LogP contribution is 2.30. The van der Waals surface area contributed by atoms with Crippen molar-refractivity contribution in [2.24, 2.45) is 0 Å². The summed E-state index contributed by atoms with van der Waals surface area (Å²) in [4.78, 5) is 23.8. The van der Waals surface area contributed by atoms with Crippen LogP contribution in [-0.2, 0) is 6.42 Å². The summed E-state index contributed by atoms with van der Waals surface area (Å²) < 4.78 is 15.0. The van der Waals surface area contributed by atoms with Crippen molar-refractivity contribution in [2.75, 3.05) is 36.0 Å². The Hall–Kier alpha value is -3.92. The third-order valence-corrected chi connectivity index (χ3v) is 7.13. The number of hydrogen-bond acceptors (Lipinski definition) is 8. The Morgan fingerprint density at radius 2 is 1.63 bits per heavy atom. The molecule has 1 fully saturated rings. The van der Waals surface area contributed by atoms with Crippen LogP contribution < -0.4 is 9.80 Å².